The van der Waals surface area contributed by atoms with Crippen molar-refractivity contribution in [2.45, 2.75) is 33.7 Å². The van der Waals surface area contributed by atoms with Crippen LogP contribution in [0.25, 0.3) is 0 Å². The van der Waals surface area contributed by atoms with Crippen molar-refractivity contribution in [3.63, 3.8) is 0 Å². The Morgan fingerprint density at radius 1 is 1.06 bits per heavy atom. The summed E-state index contributed by atoms with van der Waals surface area (Å²) in [5.74, 6) is -0.983. The quantitative estimate of drug-likeness (QED) is 0.670. The molecule has 0 saturated heterocycles. The van der Waals surface area contributed by atoms with Crippen LogP contribution >= 0.6 is 0 Å². The van der Waals surface area contributed by atoms with Crippen LogP contribution < -0.4 is 14.5 Å². The van der Waals surface area contributed by atoms with Gasteiger partial charge in [0.05, 0.1) is 18.7 Å². The number of ketones is 1. The molecule has 0 bridgehead atoms. The average molecular weight is 423 g/mol. The summed E-state index contributed by atoms with van der Waals surface area (Å²) in [6.45, 7) is 9.49. The van der Waals surface area contributed by atoms with E-state index in [1.54, 1.807) is 45.2 Å². The lowest BCUT2D eigenvalue weighted by molar-refractivity contribution is -0.119. The van der Waals surface area contributed by atoms with E-state index in [0.717, 1.165) is 24.3 Å². The highest BCUT2D eigenvalue weighted by molar-refractivity contribution is 6.16. The minimum absolute atomic E-state index is 0.145. The Bertz CT molecular complexity index is 974. The fourth-order valence-electron chi connectivity index (χ4n) is 3.95. The van der Waals surface area contributed by atoms with Gasteiger partial charge in [0, 0.05) is 30.4 Å². The van der Waals surface area contributed by atoms with E-state index in [1.807, 2.05) is 24.3 Å². The van der Waals surface area contributed by atoms with E-state index in [4.69, 9.17) is 4.74 Å². The summed E-state index contributed by atoms with van der Waals surface area (Å²) in [6, 6.07) is 14.2. The second-order valence-electron chi connectivity index (χ2n) is 7.82. The number of carbonyl (C=O) groups is 2. The van der Waals surface area contributed by atoms with Gasteiger partial charge in [-0.15, -0.1) is 0 Å². The Kier molecular flexibility index (Phi) is 6.68. The van der Waals surface area contributed by atoms with Crippen molar-refractivity contribution in [3.05, 3.63) is 65.4 Å². The predicted molar refractivity (Wildman–Crippen MR) is 123 cm³/mol. The molecule has 6 heteroatoms. The maximum absolute atomic E-state index is 13.1. The highest BCUT2D eigenvalue weighted by atomic mass is 16.5. The summed E-state index contributed by atoms with van der Waals surface area (Å²) in [4.78, 5) is 29.8. The topological polar surface area (TPSA) is 70.1 Å². The highest BCUT2D eigenvalue weighted by Crippen LogP contribution is 2.42. The maximum atomic E-state index is 13.1. The first-order valence-electron chi connectivity index (χ1n) is 10.6. The number of methoxy groups -OCH3 is 1. The fourth-order valence-corrected chi connectivity index (χ4v) is 3.95. The molecule has 1 atom stereocenters. The monoisotopic (exact) mass is 422 g/mol. The summed E-state index contributed by atoms with van der Waals surface area (Å²) in [6.07, 6.45) is 0. The van der Waals surface area contributed by atoms with Crippen LogP contribution in [0.3, 0.4) is 0 Å². The zero-order chi connectivity index (χ0) is 22.7. The number of amides is 1. The van der Waals surface area contributed by atoms with Crippen LogP contribution in [0.1, 0.15) is 39.3 Å². The largest absolute Gasteiger partial charge is 0.503 e. The predicted octanol–water partition coefficient (Wildman–Crippen LogP) is 4.67. The molecule has 0 aromatic heterocycles. The molecule has 1 amide bonds. The molecule has 0 fully saturated rings. The molecule has 0 spiro atoms. The standard InChI is InChI=1S/C25H30N2O4/c1-6-26(7-2)18-10-8-17(9-11-18)22-21(23(28)16(3)4)24(29)25(30)27(22)19-12-14-20(31-5)15-13-19/h8-16,22,29H,6-7H2,1-5H3. The molecule has 1 aliphatic heterocycles. The third-order valence-corrected chi connectivity index (χ3v) is 5.69. The fraction of sp³-hybridized carbons (Fsp3) is 0.360. The molecule has 0 aliphatic carbocycles. The summed E-state index contributed by atoms with van der Waals surface area (Å²) < 4.78 is 5.22. The third-order valence-electron chi connectivity index (χ3n) is 5.69. The minimum atomic E-state index is -0.693. The van der Waals surface area contributed by atoms with Crippen molar-refractivity contribution in [1.29, 1.82) is 0 Å². The second-order valence-corrected chi connectivity index (χ2v) is 7.82. The van der Waals surface area contributed by atoms with Gasteiger partial charge in [-0.2, -0.15) is 0 Å². The lowest BCUT2D eigenvalue weighted by atomic mass is 9.91. The molecule has 6 nitrogen and oxygen atoms in total. The molecule has 3 rings (SSSR count). The zero-order valence-electron chi connectivity index (χ0n) is 18.8. The summed E-state index contributed by atoms with van der Waals surface area (Å²) in [5, 5.41) is 10.7. The van der Waals surface area contributed by atoms with Gasteiger partial charge in [0.25, 0.3) is 5.91 Å². The second kappa shape index (κ2) is 9.25. The maximum Gasteiger partial charge on any atom is 0.294 e. The van der Waals surface area contributed by atoms with Crippen LogP contribution in [0, 0.1) is 5.92 Å². The minimum Gasteiger partial charge on any atom is -0.503 e. The van der Waals surface area contributed by atoms with Gasteiger partial charge in [0.15, 0.2) is 11.5 Å². The molecule has 1 aliphatic rings. The van der Waals surface area contributed by atoms with E-state index < -0.39 is 17.7 Å². The summed E-state index contributed by atoms with van der Waals surface area (Å²) in [5.41, 5.74) is 2.57. The Hall–Kier alpha value is -3.28. The van der Waals surface area contributed by atoms with Crippen molar-refractivity contribution in [1.82, 2.24) is 0 Å². The number of hydrogen-bond donors (Lipinski definition) is 1. The molecule has 164 valence electrons. The molecular weight excluding hydrogens is 392 g/mol. The molecule has 0 radical (unpaired) electrons. The highest BCUT2D eigenvalue weighted by Gasteiger charge is 2.44. The van der Waals surface area contributed by atoms with Crippen molar-refractivity contribution < 1.29 is 19.4 Å². The molecular formula is C25H30N2O4. The van der Waals surface area contributed by atoms with Crippen LogP contribution in [-0.4, -0.2) is 37.0 Å². The molecule has 2 aromatic rings. The Morgan fingerprint density at radius 3 is 2.13 bits per heavy atom. The smallest absolute Gasteiger partial charge is 0.294 e. The molecule has 31 heavy (non-hydrogen) atoms. The van der Waals surface area contributed by atoms with E-state index in [-0.39, 0.29) is 17.3 Å². The molecule has 0 saturated carbocycles. The zero-order valence-corrected chi connectivity index (χ0v) is 18.8. The van der Waals surface area contributed by atoms with Gasteiger partial charge >= 0.3 is 0 Å². The lowest BCUT2D eigenvalue weighted by Crippen LogP contribution is -2.31. The van der Waals surface area contributed by atoms with Crippen LogP contribution in [0.5, 0.6) is 5.75 Å². The van der Waals surface area contributed by atoms with Crippen LogP contribution in [0.15, 0.2) is 59.9 Å². The Labute approximate surface area is 183 Å². The van der Waals surface area contributed by atoms with Gasteiger partial charge in [-0.3, -0.25) is 14.5 Å². The van der Waals surface area contributed by atoms with Gasteiger partial charge in [-0.1, -0.05) is 26.0 Å². The third kappa shape index (κ3) is 4.15. The number of aliphatic hydroxyl groups is 1. The number of nitrogens with zero attached hydrogens (tertiary/aromatic N) is 2. The Balaban J connectivity index is 2.10. The molecule has 1 heterocycles. The van der Waals surface area contributed by atoms with E-state index >= 15 is 0 Å². The van der Waals surface area contributed by atoms with E-state index in [0.29, 0.717) is 11.4 Å². The SMILES string of the molecule is CCN(CC)c1ccc(C2C(C(=O)C(C)C)=C(O)C(=O)N2c2ccc(OC)cc2)cc1. The first kappa shape index (κ1) is 22.4. The lowest BCUT2D eigenvalue weighted by Gasteiger charge is -2.28. The summed E-state index contributed by atoms with van der Waals surface area (Å²) >= 11 is 0. The van der Waals surface area contributed by atoms with Crippen LogP contribution in [0.2, 0.25) is 0 Å². The van der Waals surface area contributed by atoms with Crippen LogP contribution in [-0.2, 0) is 9.59 Å². The summed E-state index contributed by atoms with van der Waals surface area (Å²) in [7, 11) is 1.57. The van der Waals surface area contributed by atoms with E-state index in [9.17, 15) is 14.7 Å². The van der Waals surface area contributed by atoms with E-state index in [1.165, 1.54) is 4.90 Å². The number of rotatable bonds is 8. The van der Waals surface area contributed by atoms with Crippen molar-refractivity contribution in [3.8, 4) is 5.75 Å². The van der Waals surface area contributed by atoms with Gasteiger partial charge in [0.2, 0.25) is 0 Å². The first-order valence-corrected chi connectivity index (χ1v) is 10.6. The van der Waals surface area contributed by atoms with Crippen molar-refractivity contribution >= 4 is 23.1 Å². The number of ether oxygens (including phenoxy) is 1. The number of Topliss-reactive ketones (excluding diaryl/α,β-unsaturated/α-hetero) is 1. The van der Waals surface area contributed by atoms with Crippen molar-refractivity contribution in [2.24, 2.45) is 5.92 Å². The van der Waals surface area contributed by atoms with Gasteiger partial charge in [-0.25, -0.2) is 0 Å². The Morgan fingerprint density at radius 2 is 1.65 bits per heavy atom. The number of benzene rings is 2. The first-order chi connectivity index (χ1) is 14.8. The number of anilines is 2. The normalized spacial score (nSPS) is 16.3. The van der Waals surface area contributed by atoms with Gasteiger partial charge in [-0.05, 0) is 55.8 Å². The van der Waals surface area contributed by atoms with E-state index in [2.05, 4.69) is 18.7 Å². The molecule has 1 unspecified atom stereocenters. The number of carbonyl (C=O) groups excluding carboxylic acids is 2. The molecule has 2 aromatic carbocycles. The number of hydrogen-bond acceptors (Lipinski definition) is 5. The van der Waals surface area contributed by atoms with Gasteiger partial charge < -0.3 is 14.7 Å². The van der Waals surface area contributed by atoms with Crippen molar-refractivity contribution in [2.75, 3.05) is 30.0 Å². The molecule has 1 N–H and O–H groups in total. The van der Waals surface area contributed by atoms with Crippen LogP contribution in [0.4, 0.5) is 11.4 Å². The van der Waals surface area contributed by atoms with Gasteiger partial charge in [0.1, 0.15) is 5.75 Å². The number of aliphatic hydroxyl groups excluding tert-OH is 1. The average Bonchev–Trinajstić information content (AvgIpc) is 3.05.